The molecular formula is C13H17ClN2O2. The Morgan fingerprint density at radius 3 is 2.83 bits per heavy atom. The fourth-order valence-electron chi connectivity index (χ4n) is 1.82. The molecular weight excluding hydrogens is 252 g/mol. The maximum absolute atomic E-state index is 11.7. The fourth-order valence-corrected chi connectivity index (χ4v) is 2.00. The number of carbonyl (C=O) groups excluding carboxylic acids is 1. The molecule has 1 fully saturated rings. The monoisotopic (exact) mass is 268 g/mol. The predicted octanol–water partition coefficient (Wildman–Crippen LogP) is 1.67. The van der Waals surface area contributed by atoms with Crippen LogP contribution in [0.3, 0.4) is 0 Å². The predicted molar refractivity (Wildman–Crippen MR) is 70.7 cm³/mol. The Kier molecular flexibility index (Phi) is 4.09. The van der Waals surface area contributed by atoms with Gasteiger partial charge in [-0.1, -0.05) is 30.7 Å². The van der Waals surface area contributed by atoms with E-state index in [0.717, 1.165) is 0 Å². The smallest absolute Gasteiger partial charge is 0.239 e. The van der Waals surface area contributed by atoms with Gasteiger partial charge in [0.1, 0.15) is 11.9 Å². The average Bonchev–Trinajstić information content (AvgIpc) is 2.33. The van der Waals surface area contributed by atoms with Crippen molar-refractivity contribution in [2.24, 2.45) is 5.73 Å². The molecule has 1 amide bonds. The van der Waals surface area contributed by atoms with Gasteiger partial charge in [0.15, 0.2) is 0 Å². The molecule has 18 heavy (non-hydrogen) atoms. The lowest BCUT2D eigenvalue weighted by Crippen LogP contribution is -2.59. The molecule has 1 heterocycles. The highest BCUT2D eigenvalue weighted by Gasteiger charge is 2.34. The van der Waals surface area contributed by atoms with Crippen molar-refractivity contribution in [2.75, 3.05) is 13.1 Å². The number of hydrogen-bond acceptors (Lipinski definition) is 3. The van der Waals surface area contributed by atoms with Crippen molar-refractivity contribution in [1.29, 1.82) is 0 Å². The summed E-state index contributed by atoms with van der Waals surface area (Å²) in [5.74, 6) is 0.660. The Hall–Kier alpha value is -1.26. The molecule has 1 atom stereocenters. The van der Waals surface area contributed by atoms with Crippen molar-refractivity contribution >= 4 is 17.5 Å². The molecule has 5 heteroatoms. The highest BCUT2D eigenvalue weighted by molar-refractivity contribution is 6.32. The normalized spacial score (nSPS) is 17.2. The molecule has 2 N–H and O–H groups in total. The van der Waals surface area contributed by atoms with Gasteiger partial charge in [-0.05, 0) is 18.6 Å². The molecule has 0 saturated carbocycles. The third kappa shape index (κ3) is 2.76. The van der Waals surface area contributed by atoms with Crippen molar-refractivity contribution in [3.8, 4) is 5.75 Å². The maximum Gasteiger partial charge on any atom is 0.239 e. The van der Waals surface area contributed by atoms with E-state index in [4.69, 9.17) is 22.1 Å². The van der Waals surface area contributed by atoms with Crippen LogP contribution in [0.4, 0.5) is 0 Å². The first-order valence-corrected chi connectivity index (χ1v) is 6.45. The third-order valence-corrected chi connectivity index (χ3v) is 3.36. The van der Waals surface area contributed by atoms with Gasteiger partial charge in [-0.15, -0.1) is 0 Å². The minimum absolute atomic E-state index is 0.00323. The largest absolute Gasteiger partial charge is 0.485 e. The average molecular weight is 269 g/mol. The highest BCUT2D eigenvalue weighted by atomic mass is 35.5. The number of benzene rings is 1. The third-order valence-electron chi connectivity index (χ3n) is 3.05. The summed E-state index contributed by atoms with van der Waals surface area (Å²) in [6.45, 7) is 3.07. The Bertz CT molecular complexity index is 433. The van der Waals surface area contributed by atoms with Gasteiger partial charge >= 0.3 is 0 Å². The number of nitrogens with two attached hydrogens (primary N) is 1. The summed E-state index contributed by atoms with van der Waals surface area (Å²) in [7, 11) is 0. The number of nitrogens with zero attached hydrogens (tertiary/aromatic N) is 1. The second-order valence-corrected chi connectivity index (χ2v) is 4.84. The number of carbonyl (C=O) groups is 1. The van der Waals surface area contributed by atoms with E-state index in [2.05, 4.69) is 0 Å². The van der Waals surface area contributed by atoms with Crippen LogP contribution in [-0.2, 0) is 4.79 Å². The topological polar surface area (TPSA) is 55.6 Å². The number of amides is 1. The van der Waals surface area contributed by atoms with Gasteiger partial charge in [-0.3, -0.25) is 4.79 Å². The zero-order valence-electron chi connectivity index (χ0n) is 10.3. The molecule has 0 spiro atoms. The van der Waals surface area contributed by atoms with Crippen LogP contribution in [0.2, 0.25) is 5.02 Å². The standard InChI is InChI=1S/C13H17ClN2O2/c1-2-11(15)13(17)16-7-9(8-16)18-12-6-4-3-5-10(12)14/h3-6,9,11H,2,7-8,15H2,1H3. The van der Waals surface area contributed by atoms with Crippen molar-refractivity contribution in [3.63, 3.8) is 0 Å². The Morgan fingerprint density at radius 2 is 2.22 bits per heavy atom. The van der Waals surface area contributed by atoms with E-state index in [1.807, 2.05) is 25.1 Å². The second-order valence-electron chi connectivity index (χ2n) is 4.43. The number of halogens is 1. The summed E-state index contributed by atoms with van der Waals surface area (Å²) < 4.78 is 5.71. The Morgan fingerprint density at radius 1 is 1.56 bits per heavy atom. The van der Waals surface area contributed by atoms with Gasteiger partial charge in [0.05, 0.1) is 24.2 Å². The van der Waals surface area contributed by atoms with Crippen molar-refractivity contribution in [3.05, 3.63) is 29.3 Å². The van der Waals surface area contributed by atoms with E-state index in [1.54, 1.807) is 11.0 Å². The first kappa shape index (κ1) is 13.2. The molecule has 1 saturated heterocycles. The number of para-hydroxylation sites is 1. The molecule has 1 aromatic carbocycles. The summed E-state index contributed by atoms with van der Waals surface area (Å²) in [5, 5.41) is 0.590. The van der Waals surface area contributed by atoms with Crippen LogP contribution >= 0.6 is 11.6 Å². The minimum Gasteiger partial charge on any atom is -0.485 e. The summed E-state index contributed by atoms with van der Waals surface area (Å²) in [4.78, 5) is 13.5. The van der Waals surface area contributed by atoms with Gasteiger partial charge in [0.2, 0.25) is 5.91 Å². The summed E-state index contributed by atoms with van der Waals surface area (Å²) in [6.07, 6.45) is 0.670. The van der Waals surface area contributed by atoms with Gasteiger partial charge in [-0.25, -0.2) is 0 Å². The molecule has 1 aliphatic heterocycles. The van der Waals surface area contributed by atoms with Crippen LogP contribution in [0.1, 0.15) is 13.3 Å². The Balaban J connectivity index is 1.84. The molecule has 0 aromatic heterocycles. The molecule has 0 aliphatic carbocycles. The zero-order chi connectivity index (χ0) is 13.1. The molecule has 2 rings (SSSR count). The van der Waals surface area contributed by atoms with Crippen LogP contribution < -0.4 is 10.5 Å². The van der Waals surface area contributed by atoms with Gasteiger partial charge in [-0.2, -0.15) is 0 Å². The number of likely N-dealkylation sites (tertiary alicyclic amines) is 1. The van der Waals surface area contributed by atoms with E-state index in [1.165, 1.54) is 0 Å². The lowest BCUT2D eigenvalue weighted by molar-refractivity contribution is -0.141. The van der Waals surface area contributed by atoms with Crippen molar-refractivity contribution in [1.82, 2.24) is 4.90 Å². The second kappa shape index (κ2) is 5.59. The van der Waals surface area contributed by atoms with E-state index in [-0.39, 0.29) is 12.0 Å². The number of rotatable bonds is 4. The lowest BCUT2D eigenvalue weighted by atomic mass is 10.1. The molecule has 0 bridgehead atoms. The van der Waals surface area contributed by atoms with Crippen LogP contribution in [0.25, 0.3) is 0 Å². The molecule has 0 radical (unpaired) electrons. The zero-order valence-corrected chi connectivity index (χ0v) is 11.1. The molecule has 1 aromatic rings. The first-order valence-electron chi connectivity index (χ1n) is 6.07. The highest BCUT2D eigenvalue weighted by Crippen LogP contribution is 2.26. The summed E-state index contributed by atoms with van der Waals surface area (Å²) in [6, 6.07) is 6.93. The number of hydrogen-bond donors (Lipinski definition) is 1. The maximum atomic E-state index is 11.7. The van der Waals surface area contributed by atoms with Crippen molar-refractivity contribution in [2.45, 2.75) is 25.5 Å². The van der Waals surface area contributed by atoms with Gasteiger partial charge in [0, 0.05) is 0 Å². The first-order chi connectivity index (χ1) is 8.61. The number of ether oxygens (including phenoxy) is 1. The van der Waals surface area contributed by atoms with E-state index >= 15 is 0 Å². The fraction of sp³-hybridized carbons (Fsp3) is 0.462. The van der Waals surface area contributed by atoms with Crippen LogP contribution in [0.5, 0.6) is 5.75 Å². The summed E-state index contributed by atoms with van der Waals surface area (Å²) in [5.41, 5.74) is 5.70. The quantitative estimate of drug-likeness (QED) is 0.904. The van der Waals surface area contributed by atoms with Crippen LogP contribution in [0, 0.1) is 0 Å². The van der Waals surface area contributed by atoms with Gasteiger partial charge in [0.25, 0.3) is 0 Å². The van der Waals surface area contributed by atoms with E-state index in [0.29, 0.717) is 30.3 Å². The van der Waals surface area contributed by atoms with Gasteiger partial charge < -0.3 is 15.4 Å². The van der Waals surface area contributed by atoms with E-state index < -0.39 is 6.04 Å². The minimum atomic E-state index is -0.397. The molecule has 4 nitrogen and oxygen atoms in total. The van der Waals surface area contributed by atoms with Crippen LogP contribution in [0.15, 0.2) is 24.3 Å². The summed E-state index contributed by atoms with van der Waals surface area (Å²) >= 11 is 6.00. The Labute approximate surface area is 112 Å². The lowest BCUT2D eigenvalue weighted by Gasteiger charge is -2.40. The molecule has 1 unspecified atom stereocenters. The van der Waals surface area contributed by atoms with E-state index in [9.17, 15) is 4.79 Å². The van der Waals surface area contributed by atoms with Crippen LogP contribution in [-0.4, -0.2) is 36.0 Å². The SMILES string of the molecule is CCC(N)C(=O)N1CC(Oc2ccccc2Cl)C1. The molecule has 1 aliphatic rings. The van der Waals surface area contributed by atoms with Crippen molar-refractivity contribution < 1.29 is 9.53 Å². The molecule has 98 valence electrons.